The van der Waals surface area contributed by atoms with Crippen LogP contribution in [0.25, 0.3) is 11.1 Å². The molecule has 0 unspecified atom stereocenters. The Morgan fingerprint density at radius 3 is 1.82 bits per heavy atom. The van der Waals surface area contributed by atoms with E-state index in [0.717, 1.165) is 11.1 Å². The van der Waals surface area contributed by atoms with E-state index in [1.165, 1.54) is 7.11 Å². The average molecular weight is 378 g/mol. The maximum absolute atomic E-state index is 13.4. The standard InChI is InChI=1S/C23H22O5/c1-25-19-11-10-16(12-20(19)26-2)23(24)18-14-22(28-4)21(27-3)13-17(18)15-8-6-5-7-9-15/h5-14H,1-4H3. The summed E-state index contributed by atoms with van der Waals surface area (Å²) in [6.45, 7) is 0. The third-order valence-corrected chi connectivity index (χ3v) is 4.50. The van der Waals surface area contributed by atoms with Gasteiger partial charge in [-0.3, -0.25) is 4.79 Å². The van der Waals surface area contributed by atoms with E-state index >= 15 is 0 Å². The van der Waals surface area contributed by atoms with Crippen LogP contribution in [-0.4, -0.2) is 34.2 Å². The zero-order chi connectivity index (χ0) is 20.1. The van der Waals surface area contributed by atoms with E-state index in [4.69, 9.17) is 18.9 Å². The fourth-order valence-electron chi connectivity index (χ4n) is 3.06. The van der Waals surface area contributed by atoms with E-state index in [1.54, 1.807) is 45.6 Å². The van der Waals surface area contributed by atoms with Crippen LogP contribution >= 0.6 is 0 Å². The maximum atomic E-state index is 13.4. The highest BCUT2D eigenvalue weighted by Crippen LogP contribution is 2.37. The summed E-state index contributed by atoms with van der Waals surface area (Å²) in [5.74, 6) is 1.96. The van der Waals surface area contributed by atoms with Crippen LogP contribution in [-0.2, 0) is 0 Å². The molecule has 0 radical (unpaired) electrons. The molecule has 0 aliphatic carbocycles. The molecule has 0 aromatic heterocycles. The summed E-state index contributed by atoms with van der Waals surface area (Å²) in [5.41, 5.74) is 2.67. The second-order valence-electron chi connectivity index (χ2n) is 6.02. The van der Waals surface area contributed by atoms with Crippen molar-refractivity contribution >= 4 is 5.78 Å². The summed E-state index contributed by atoms with van der Waals surface area (Å²) in [7, 11) is 6.21. The van der Waals surface area contributed by atoms with E-state index in [-0.39, 0.29) is 5.78 Å². The lowest BCUT2D eigenvalue weighted by atomic mass is 9.93. The molecule has 0 aliphatic heterocycles. The van der Waals surface area contributed by atoms with E-state index in [9.17, 15) is 4.79 Å². The Hall–Kier alpha value is -3.47. The zero-order valence-electron chi connectivity index (χ0n) is 16.3. The third-order valence-electron chi connectivity index (χ3n) is 4.50. The number of hydrogen-bond acceptors (Lipinski definition) is 5. The summed E-state index contributed by atoms with van der Waals surface area (Å²) < 4.78 is 21.4. The van der Waals surface area contributed by atoms with Gasteiger partial charge in [0, 0.05) is 11.1 Å². The van der Waals surface area contributed by atoms with Crippen molar-refractivity contribution in [3.63, 3.8) is 0 Å². The molecule has 3 aromatic carbocycles. The van der Waals surface area contributed by atoms with Crippen molar-refractivity contribution in [1.29, 1.82) is 0 Å². The van der Waals surface area contributed by atoms with Crippen LogP contribution < -0.4 is 18.9 Å². The summed E-state index contributed by atoms with van der Waals surface area (Å²) >= 11 is 0. The Morgan fingerprint density at radius 1 is 0.643 bits per heavy atom. The van der Waals surface area contributed by atoms with Gasteiger partial charge in [0.2, 0.25) is 0 Å². The van der Waals surface area contributed by atoms with Crippen LogP contribution in [0.2, 0.25) is 0 Å². The van der Waals surface area contributed by atoms with Crippen molar-refractivity contribution in [3.8, 4) is 34.1 Å². The molecule has 0 fully saturated rings. The van der Waals surface area contributed by atoms with Gasteiger partial charge < -0.3 is 18.9 Å². The molecule has 3 aromatic rings. The second-order valence-corrected chi connectivity index (χ2v) is 6.02. The van der Waals surface area contributed by atoms with Crippen LogP contribution in [0, 0.1) is 0 Å². The Bertz CT molecular complexity index is 980. The van der Waals surface area contributed by atoms with Crippen molar-refractivity contribution in [2.75, 3.05) is 28.4 Å². The van der Waals surface area contributed by atoms with Gasteiger partial charge in [-0.2, -0.15) is 0 Å². The van der Waals surface area contributed by atoms with E-state index < -0.39 is 0 Å². The van der Waals surface area contributed by atoms with Crippen molar-refractivity contribution in [3.05, 3.63) is 71.8 Å². The van der Waals surface area contributed by atoms with Crippen LogP contribution in [0.5, 0.6) is 23.0 Å². The molecule has 0 aliphatic rings. The molecule has 144 valence electrons. The number of carbonyl (C=O) groups excluding carboxylic acids is 1. The van der Waals surface area contributed by atoms with Gasteiger partial charge in [0.1, 0.15) is 0 Å². The third kappa shape index (κ3) is 3.64. The molecule has 28 heavy (non-hydrogen) atoms. The van der Waals surface area contributed by atoms with E-state index in [2.05, 4.69) is 0 Å². The second kappa shape index (κ2) is 8.48. The SMILES string of the molecule is COc1ccc(C(=O)c2cc(OC)c(OC)cc2-c2ccccc2)cc1OC. The molecule has 0 atom stereocenters. The molecular weight excluding hydrogens is 356 g/mol. The number of carbonyl (C=O) groups is 1. The van der Waals surface area contributed by atoms with Crippen LogP contribution in [0.4, 0.5) is 0 Å². The minimum Gasteiger partial charge on any atom is -0.493 e. The maximum Gasteiger partial charge on any atom is 0.193 e. The number of ketones is 1. The zero-order valence-corrected chi connectivity index (χ0v) is 16.3. The highest BCUT2D eigenvalue weighted by molar-refractivity contribution is 6.13. The molecule has 0 heterocycles. The molecule has 0 bridgehead atoms. The Kier molecular flexibility index (Phi) is 5.84. The minimum absolute atomic E-state index is 0.152. The number of hydrogen-bond donors (Lipinski definition) is 0. The van der Waals surface area contributed by atoms with Crippen molar-refractivity contribution < 1.29 is 23.7 Å². The number of rotatable bonds is 7. The first-order valence-electron chi connectivity index (χ1n) is 8.71. The van der Waals surface area contributed by atoms with Gasteiger partial charge in [-0.05, 0) is 41.5 Å². The lowest BCUT2D eigenvalue weighted by molar-refractivity contribution is 0.103. The molecule has 0 saturated carbocycles. The predicted molar refractivity (Wildman–Crippen MR) is 108 cm³/mol. The quantitative estimate of drug-likeness (QED) is 0.562. The van der Waals surface area contributed by atoms with E-state index in [0.29, 0.717) is 34.1 Å². The Balaban J connectivity index is 2.18. The molecule has 0 amide bonds. The first kappa shape index (κ1) is 19.3. The van der Waals surface area contributed by atoms with Crippen LogP contribution in [0.15, 0.2) is 60.7 Å². The largest absolute Gasteiger partial charge is 0.493 e. The molecule has 0 N–H and O–H groups in total. The van der Waals surface area contributed by atoms with Gasteiger partial charge in [-0.15, -0.1) is 0 Å². The number of ether oxygens (including phenoxy) is 4. The topological polar surface area (TPSA) is 54.0 Å². The fourth-order valence-corrected chi connectivity index (χ4v) is 3.06. The van der Waals surface area contributed by atoms with Gasteiger partial charge in [0.15, 0.2) is 28.8 Å². The fraction of sp³-hybridized carbons (Fsp3) is 0.174. The molecule has 5 nitrogen and oxygen atoms in total. The Morgan fingerprint density at radius 2 is 1.21 bits per heavy atom. The smallest absolute Gasteiger partial charge is 0.193 e. The highest BCUT2D eigenvalue weighted by atomic mass is 16.5. The molecule has 0 spiro atoms. The molecule has 3 rings (SSSR count). The lowest BCUT2D eigenvalue weighted by Gasteiger charge is -2.15. The summed E-state index contributed by atoms with van der Waals surface area (Å²) in [6, 6.07) is 18.3. The van der Waals surface area contributed by atoms with Gasteiger partial charge >= 0.3 is 0 Å². The summed E-state index contributed by atoms with van der Waals surface area (Å²) in [6.07, 6.45) is 0. The Labute approximate surface area is 164 Å². The number of methoxy groups -OCH3 is 4. The van der Waals surface area contributed by atoms with Crippen molar-refractivity contribution in [1.82, 2.24) is 0 Å². The van der Waals surface area contributed by atoms with Crippen LogP contribution in [0.3, 0.4) is 0 Å². The van der Waals surface area contributed by atoms with Gasteiger partial charge in [-0.1, -0.05) is 30.3 Å². The van der Waals surface area contributed by atoms with Crippen molar-refractivity contribution in [2.45, 2.75) is 0 Å². The summed E-state index contributed by atoms with van der Waals surface area (Å²) in [4.78, 5) is 13.4. The average Bonchev–Trinajstić information content (AvgIpc) is 2.77. The molecule has 5 heteroatoms. The predicted octanol–water partition coefficient (Wildman–Crippen LogP) is 4.62. The van der Waals surface area contributed by atoms with Crippen molar-refractivity contribution in [2.24, 2.45) is 0 Å². The molecular formula is C23H22O5. The van der Waals surface area contributed by atoms with Gasteiger partial charge in [-0.25, -0.2) is 0 Å². The van der Waals surface area contributed by atoms with E-state index in [1.807, 2.05) is 36.4 Å². The monoisotopic (exact) mass is 378 g/mol. The molecule has 0 saturated heterocycles. The van der Waals surface area contributed by atoms with Gasteiger partial charge in [0.05, 0.1) is 28.4 Å². The first-order valence-corrected chi connectivity index (χ1v) is 8.71. The van der Waals surface area contributed by atoms with Crippen LogP contribution in [0.1, 0.15) is 15.9 Å². The normalized spacial score (nSPS) is 10.3. The van der Waals surface area contributed by atoms with Gasteiger partial charge in [0.25, 0.3) is 0 Å². The highest BCUT2D eigenvalue weighted by Gasteiger charge is 2.20. The number of benzene rings is 3. The first-order chi connectivity index (χ1) is 13.6. The summed E-state index contributed by atoms with van der Waals surface area (Å²) in [5, 5.41) is 0. The minimum atomic E-state index is -0.152. The lowest BCUT2D eigenvalue weighted by Crippen LogP contribution is -2.06.